The molecule has 2 N–H and O–H groups in total. The van der Waals surface area contributed by atoms with E-state index in [2.05, 4.69) is 36.1 Å². The van der Waals surface area contributed by atoms with E-state index < -0.39 is 10.0 Å². The van der Waals surface area contributed by atoms with Crippen LogP contribution in [0.15, 0.2) is 82.2 Å². The van der Waals surface area contributed by atoms with E-state index in [9.17, 15) is 13.5 Å². The predicted octanol–water partition coefficient (Wildman–Crippen LogP) is 3.43. The van der Waals surface area contributed by atoms with Crippen molar-refractivity contribution in [2.24, 2.45) is 4.99 Å². The minimum Gasteiger partial charge on any atom is -0.506 e. The minimum atomic E-state index is -3.93. The van der Waals surface area contributed by atoms with Crippen molar-refractivity contribution < 1.29 is 23.0 Å². The number of nitrogens with one attached hydrogen (secondary N) is 1. The molecule has 12 heteroatoms. The predicted molar refractivity (Wildman–Crippen MR) is 136 cm³/mol. The number of aromatic nitrogens is 4. The molecular formula is C25H20N6O5S. The number of sulfonamides is 1. The van der Waals surface area contributed by atoms with Gasteiger partial charge in [0.2, 0.25) is 5.90 Å². The van der Waals surface area contributed by atoms with Crippen LogP contribution < -0.4 is 9.46 Å². The molecule has 0 fully saturated rings. The molecule has 2 aromatic carbocycles. The lowest BCUT2D eigenvalue weighted by Crippen LogP contribution is -2.14. The lowest BCUT2D eigenvalue weighted by atomic mass is 10.2. The van der Waals surface area contributed by atoms with Gasteiger partial charge in [-0.1, -0.05) is 30.0 Å². The molecule has 11 nitrogen and oxygen atoms in total. The summed E-state index contributed by atoms with van der Waals surface area (Å²) in [5.41, 5.74) is 6.49. The maximum atomic E-state index is 12.9. The number of methoxy groups -OCH3 is 1. The molecule has 2 aromatic heterocycles. The SMILES string of the molecule is CCOC1=NC(c2nc3ncc(NS(=O)(=O)c4ccccc4)nc3n2-c2c(O)cccc2OC)=C=C=C1. The molecule has 0 amide bonds. The van der Waals surface area contributed by atoms with Crippen LogP contribution >= 0.6 is 0 Å². The van der Waals surface area contributed by atoms with Crippen molar-refractivity contribution in [2.75, 3.05) is 18.4 Å². The summed E-state index contributed by atoms with van der Waals surface area (Å²) in [6.07, 6.45) is 2.79. The molecule has 1 aliphatic rings. The van der Waals surface area contributed by atoms with Crippen molar-refractivity contribution in [3.05, 3.63) is 78.1 Å². The van der Waals surface area contributed by atoms with Gasteiger partial charge >= 0.3 is 0 Å². The number of imidazole rings is 1. The van der Waals surface area contributed by atoms with Gasteiger partial charge in [-0.25, -0.2) is 28.4 Å². The Labute approximate surface area is 211 Å². The second-order valence-electron chi connectivity index (χ2n) is 7.57. The molecular weight excluding hydrogens is 496 g/mol. The van der Waals surface area contributed by atoms with Crippen LogP contribution in [0.5, 0.6) is 11.5 Å². The zero-order valence-corrected chi connectivity index (χ0v) is 20.5. The summed E-state index contributed by atoms with van der Waals surface area (Å²) in [5, 5.41) is 10.8. The molecule has 0 radical (unpaired) electrons. The number of hydrogen-bond donors (Lipinski definition) is 2. The number of fused-ring (bicyclic) bond motifs is 1. The number of anilines is 1. The van der Waals surface area contributed by atoms with Crippen LogP contribution in [0.2, 0.25) is 0 Å². The Balaban J connectivity index is 1.73. The van der Waals surface area contributed by atoms with Gasteiger partial charge in [0.1, 0.15) is 17.2 Å². The quantitative estimate of drug-likeness (QED) is 0.356. The Morgan fingerprint density at radius 3 is 2.68 bits per heavy atom. The maximum absolute atomic E-state index is 12.9. The van der Waals surface area contributed by atoms with Crippen molar-refractivity contribution in [1.82, 2.24) is 19.5 Å². The van der Waals surface area contributed by atoms with Crippen molar-refractivity contribution in [3.63, 3.8) is 0 Å². The zero-order valence-electron chi connectivity index (χ0n) is 19.7. The number of aromatic hydroxyl groups is 1. The Hall–Kier alpha value is -4.89. The average Bonchev–Trinajstić information content (AvgIpc) is 3.27. The van der Waals surface area contributed by atoms with Crippen molar-refractivity contribution in [1.29, 1.82) is 0 Å². The van der Waals surface area contributed by atoms with E-state index in [-0.39, 0.29) is 45.0 Å². The first-order chi connectivity index (χ1) is 17.9. The molecule has 5 rings (SSSR count). The van der Waals surface area contributed by atoms with E-state index in [0.717, 1.165) is 0 Å². The van der Waals surface area contributed by atoms with Crippen molar-refractivity contribution in [3.8, 4) is 17.2 Å². The summed E-state index contributed by atoms with van der Waals surface area (Å²) in [7, 11) is -2.48. The summed E-state index contributed by atoms with van der Waals surface area (Å²) in [6, 6.07) is 12.6. The molecule has 4 aromatic rings. The van der Waals surface area contributed by atoms with E-state index in [1.54, 1.807) is 30.3 Å². The highest BCUT2D eigenvalue weighted by molar-refractivity contribution is 7.92. The van der Waals surface area contributed by atoms with Crippen LogP contribution in [0.3, 0.4) is 0 Å². The normalized spacial score (nSPS) is 12.8. The van der Waals surface area contributed by atoms with Gasteiger partial charge in [0.25, 0.3) is 10.0 Å². The van der Waals surface area contributed by atoms with Crippen LogP contribution in [-0.2, 0) is 14.8 Å². The largest absolute Gasteiger partial charge is 0.506 e. The van der Waals surface area contributed by atoms with Crippen LogP contribution in [-0.4, -0.2) is 52.7 Å². The van der Waals surface area contributed by atoms with Gasteiger partial charge in [-0.05, 0) is 36.9 Å². The fraction of sp³-hybridized carbons (Fsp3) is 0.120. The summed E-state index contributed by atoms with van der Waals surface area (Å²) < 4.78 is 40.6. The van der Waals surface area contributed by atoms with E-state index in [1.165, 1.54) is 42.1 Å². The number of nitrogens with zero attached hydrogens (tertiary/aromatic N) is 5. The van der Waals surface area contributed by atoms with Crippen LogP contribution in [0.1, 0.15) is 12.7 Å². The van der Waals surface area contributed by atoms with Gasteiger partial charge in [0.15, 0.2) is 28.6 Å². The maximum Gasteiger partial charge on any atom is 0.263 e. The first-order valence-corrected chi connectivity index (χ1v) is 12.5. The molecule has 1 aliphatic heterocycles. The molecule has 0 unspecified atom stereocenters. The number of benzene rings is 2. The van der Waals surface area contributed by atoms with Crippen LogP contribution in [0, 0.1) is 0 Å². The molecule has 0 bridgehead atoms. The topological polar surface area (TPSA) is 141 Å². The number of hydrogen-bond acceptors (Lipinski definition) is 9. The lowest BCUT2D eigenvalue weighted by molar-refractivity contribution is 0.330. The fourth-order valence-electron chi connectivity index (χ4n) is 3.63. The van der Waals surface area contributed by atoms with E-state index in [1.807, 2.05) is 6.92 Å². The number of phenols is 1. The summed E-state index contributed by atoms with van der Waals surface area (Å²) in [5.74, 6) is 0.626. The van der Waals surface area contributed by atoms with Crippen molar-refractivity contribution >= 4 is 38.7 Å². The van der Waals surface area contributed by atoms with Gasteiger partial charge in [-0.15, -0.1) is 0 Å². The first-order valence-electron chi connectivity index (χ1n) is 11.0. The molecule has 0 atom stereocenters. The Morgan fingerprint density at radius 1 is 1.11 bits per heavy atom. The van der Waals surface area contributed by atoms with E-state index in [0.29, 0.717) is 18.3 Å². The van der Waals surface area contributed by atoms with Crippen LogP contribution in [0.4, 0.5) is 5.82 Å². The highest BCUT2D eigenvalue weighted by Gasteiger charge is 2.25. The highest BCUT2D eigenvalue weighted by atomic mass is 32.2. The monoisotopic (exact) mass is 516 g/mol. The lowest BCUT2D eigenvalue weighted by Gasteiger charge is -2.14. The number of para-hydroxylation sites is 1. The van der Waals surface area contributed by atoms with Gasteiger partial charge in [-0.3, -0.25) is 9.29 Å². The number of ether oxygens (including phenoxy) is 2. The molecule has 186 valence electrons. The number of aliphatic imine (C=N–C) groups is 1. The summed E-state index contributed by atoms with van der Waals surface area (Å²) >= 11 is 0. The van der Waals surface area contributed by atoms with Gasteiger partial charge < -0.3 is 14.6 Å². The van der Waals surface area contributed by atoms with Gasteiger partial charge in [0, 0.05) is 0 Å². The second-order valence-corrected chi connectivity index (χ2v) is 9.25. The first kappa shape index (κ1) is 23.8. The third-order valence-electron chi connectivity index (χ3n) is 5.20. The number of phenolic OH excluding ortho intramolecular Hbond substituents is 1. The second kappa shape index (κ2) is 9.63. The molecule has 0 aliphatic carbocycles. The average molecular weight is 517 g/mol. The van der Waals surface area contributed by atoms with Gasteiger partial charge in [0.05, 0.1) is 30.9 Å². The third-order valence-corrected chi connectivity index (χ3v) is 6.57. The highest BCUT2D eigenvalue weighted by Crippen LogP contribution is 2.36. The molecule has 0 spiro atoms. The minimum absolute atomic E-state index is 0.0509. The molecule has 37 heavy (non-hydrogen) atoms. The summed E-state index contributed by atoms with van der Waals surface area (Å²) in [4.78, 5) is 17.8. The Bertz CT molecular complexity index is 1750. The molecule has 3 heterocycles. The van der Waals surface area contributed by atoms with Gasteiger partial charge in [-0.2, -0.15) is 0 Å². The Kier molecular flexibility index (Phi) is 6.21. The standard InChI is InChI=1S/C25H20N6O5S/c1-3-36-21-14-7-11-17(27-21)24-29-23-25(31(24)22-18(32)12-8-13-19(22)35-2)28-20(15-26-23)30-37(33,34)16-9-5-4-6-10-16/h4-6,8-10,12-15,32H,3H2,1-2H3,(H,28,30). The fourth-order valence-corrected chi connectivity index (χ4v) is 4.64. The van der Waals surface area contributed by atoms with Crippen molar-refractivity contribution in [2.45, 2.75) is 11.8 Å². The van der Waals surface area contributed by atoms with E-state index in [4.69, 9.17) is 9.47 Å². The number of rotatable bonds is 7. The third kappa shape index (κ3) is 4.55. The molecule has 0 saturated heterocycles. The van der Waals surface area contributed by atoms with Crippen LogP contribution in [0.25, 0.3) is 22.7 Å². The summed E-state index contributed by atoms with van der Waals surface area (Å²) in [6.45, 7) is 2.22. The van der Waals surface area contributed by atoms with E-state index >= 15 is 0 Å². The Morgan fingerprint density at radius 2 is 1.92 bits per heavy atom. The smallest absolute Gasteiger partial charge is 0.263 e. The zero-order chi connectivity index (χ0) is 26.0. The molecule has 0 saturated carbocycles.